The van der Waals surface area contributed by atoms with E-state index in [9.17, 15) is 9.59 Å². The molecule has 112 valence electrons. The second kappa shape index (κ2) is 7.03. The number of hydrogen-bond donors (Lipinski definition) is 2. The lowest BCUT2D eigenvalue weighted by Crippen LogP contribution is -2.52. The predicted octanol–water partition coefficient (Wildman–Crippen LogP) is 2.41. The van der Waals surface area contributed by atoms with Gasteiger partial charge in [-0.3, -0.25) is 4.79 Å². The van der Waals surface area contributed by atoms with Gasteiger partial charge in [0.25, 0.3) is 0 Å². The fraction of sp³-hybridized carbons (Fsp3) is 0.846. The van der Waals surface area contributed by atoms with Crippen LogP contribution in [0.3, 0.4) is 0 Å². The van der Waals surface area contributed by atoms with Gasteiger partial charge in [-0.2, -0.15) is 11.8 Å². The number of urea groups is 1. The predicted molar refractivity (Wildman–Crippen MR) is 79.7 cm³/mol. The van der Waals surface area contributed by atoms with Crippen molar-refractivity contribution in [2.75, 3.05) is 19.3 Å². The van der Waals surface area contributed by atoms with Gasteiger partial charge in [-0.05, 0) is 40.9 Å². The Hall–Kier alpha value is -0.910. The minimum absolute atomic E-state index is 0.0357. The fourth-order valence-corrected chi connectivity index (χ4v) is 1.62. The summed E-state index contributed by atoms with van der Waals surface area (Å²) >= 11 is 1.68. The molecule has 0 aromatic rings. The van der Waals surface area contributed by atoms with Gasteiger partial charge in [0, 0.05) is 23.4 Å². The molecule has 0 spiro atoms. The zero-order valence-corrected chi connectivity index (χ0v) is 13.6. The molecule has 0 aliphatic heterocycles. The summed E-state index contributed by atoms with van der Waals surface area (Å²) in [4.78, 5) is 24.4. The maximum atomic E-state index is 12.2. The number of amides is 2. The van der Waals surface area contributed by atoms with Crippen LogP contribution in [0.1, 0.15) is 41.0 Å². The highest BCUT2D eigenvalue weighted by atomic mass is 32.2. The molecule has 0 aromatic heterocycles. The van der Waals surface area contributed by atoms with E-state index in [1.54, 1.807) is 16.7 Å². The largest absolute Gasteiger partial charge is 0.481 e. The highest BCUT2D eigenvalue weighted by Gasteiger charge is 2.28. The Bertz CT molecular complexity index is 324. The van der Waals surface area contributed by atoms with Crippen LogP contribution in [0.4, 0.5) is 4.79 Å². The first kappa shape index (κ1) is 18.1. The summed E-state index contributed by atoms with van der Waals surface area (Å²) < 4.78 is -0.0357. The maximum absolute atomic E-state index is 12.2. The van der Waals surface area contributed by atoms with E-state index in [2.05, 4.69) is 19.2 Å². The van der Waals surface area contributed by atoms with Crippen molar-refractivity contribution in [2.45, 2.75) is 51.3 Å². The Morgan fingerprint density at radius 1 is 1.21 bits per heavy atom. The van der Waals surface area contributed by atoms with E-state index in [1.165, 1.54) is 0 Å². The monoisotopic (exact) mass is 290 g/mol. The Morgan fingerprint density at radius 2 is 1.74 bits per heavy atom. The fourth-order valence-electron chi connectivity index (χ4n) is 1.41. The molecule has 0 bridgehead atoms. The van der Waals surface area contributed by atoms with Crippen molar-refractivity contribution in [1.29, 1.82) is 0 Å². The van der Waals surface area contributed by atoms with E-state index in [-0.39, 0.29) is 23.7 Å². The number of aliphatic carboxylic acids is 1. The minimum atomic E-state index is -0.897. The van der Waals surface area contributed by atoms with Crippen molar-refractivity contribution in [2.24, 2.45) is 0 Å². The first-order chi connectivity index (χ1) is 8.49. The topological polar surface area (TPSA) is 69.6 Å². The second-order valence-corrected chi connectivity index (χ2v) is 7.60. The van der Waals surface area contributed by atoms with Crippen LogP contribution in [0.5, 0.6) is 0 Å². The smallest absolute Gasteiger partial charge is 0.317 e. The molecule has 0 fully saturated rings. The first-order valence-corrected chi connectivity index (χ1v) is 7.54. The van der Waals surface area contributed by atoms with Gasteiger partial charge in [-0.15, -0.1) is 0 Å². The standard InChI is InChI=1S/C13H26N2O3S/c1-12(2,3)15(8-7-10(16)17)11(18)14-9-13(4,5)19-6/h7-9H2,1-6H3,(H,14,18)(H,16,17). The molecule has 0 atom stereocenters. The average Bonchev–Trinajstić information content (AvgIpc) is 2.24. The van der Waals surface area contributed by atoms with Crippen LogP contribution < -0.4 is 5.32 Å². The molecule has 2 amide bonds. The molecule has 5 nitrogen and oxygen atoms in total. The number of carbonyl (C=O) groups excluding carboxylic acids is 1. The van der Waals surface area contributed by atoms with Gasteiger partial charge >= 0.3 is 12.0 Å². The molecule has 2 N–H and O–H groups in total. The average molecular weight is 290 g/mol. The molecular weight excluding hydrogens is 264 g/mol. The summed E-state index contributed by atoms with van der Waals surface area (Å²) in [5, 5.41) is 11.6. The molecule has 0 saturated carbocycles. The molecule has 0 aliphatic rings. The van der Waals surface area contributed by atoms with Gasteiger partial charge in [0.05, 0.1) is 6.42 Å². The number of nitrogens with one attached hydrogen (secondary N) is 1. The number of thioether (sulfide) groups is 1. The molecule has 6 heteroatoms. The maximum Gasteiger partial charge on any atom is 0.317 e. The van der Waals surface area contributed by atoms with Gasteiger partial charge in [0.2, 0.25) is 0 Å². The zero-order valence-electron chi connectivity index (χ0n) is 12.7. The number of hydrogen-bond acceptors (Lipinski definition) is 3. The van der Waals surface area contributed by atoms with Crippen LogP contribution in [0.25, 0.3) is 0 Å². The van der Waals surface area contributed by atoms with E-state index in [1.807, 2.05) is 27.0 Å². The molecular formula is C13H26N2O3S. The van der Waals surface area contributed by atoms with Gasteiger partial charge in [-0.25, -0.2) is 4.79 Å². The molecule has 0 radical (unpaired) electrons. The van der Waals surface area contributed by atoms with Crippen molar-refractivity contribution in [3.8, 4) is 0 Å². The van der Waals surface area contributed by atoms with Crippen molar-refractivity contribution < 1.29 is 14.7 Å². The van der Waals surface area contributed by atoms with Crippen LogP contribution in [0.15, 0.2) is 0 Å². The van der Waals surface area contributed by atoms with Gasteiger partial charge in [-0.1, -0.05) is 0 Å². The number of carboxylic acids is 1. The summed E-state index contributed by atoms with van der Waals surface area (Å²) in [6, 6.07) is -0.212. The third-order valence-corrected chi connectivity index (χ3v) is 4.07. The lowest BCUT2D eigenvalue weighted by Gasteiger charge is -2.36. The van der Waals surface area contributed by atoms with Gasteiger partial charge < -0.3 is 15.3 Å². The normalized spacial score (nSPS) is 12.1. The third-order valence-electron chi connectivity index (χ3n) is 2.82. The lowest BCUT2D eigenvalue weighted by molar-refractivity contribution is -0.137. The molecule has 0 aliphatic carbocycles. The number of carbonyl (C=O) groups is 2. The van der Waals surface area contributed by atoms with E-state index in [4.69, 9.17) is 5.11 Å². The second-order valence-electron chi connectivity index (χ2n) is 6.09. The van der Waals surface area contributed by atoms with Crippen LogP contribution in [-0.2, 0) is 4.79 Å². The highest BCUT2D eigenvalue weighted by Crippen LogP contribution is 2.20. The summed E-state index contributed by atoms with van der Waals surface area (Å²) in [7, 11) is 0. The third kappa shape index (κ3) is 7.30. The van der Waals surface area contributed by atoms with Crippen LogP contribution in [0.2, 0.25) is 0 Å². The van der Waals surface area contributed by atoms with E-state index in [0.29, 0.717) is 6.54 Å². The molecule has 19 heavy (non-hydrogen) atoms. The van der Waals surface area contributed by atoms with E-state index in [0.717, 1.165) is 0 Å². The van der Waals surface area contributed by atoms with Crippen LogP contribution >= 0.6 is 11.8 Å². The van der Waals surface area contributed by atoms with Crippen molar-refractivity contribution in [3.63, 3.8) is 0 Å². The SMILES string of the molecule is CSC(C)(C)CNC(=O)N(CCC(=O)O)C(C)(C)C. The number of carboxylic acid groups (broad SMARTS) is 1. The van der Waals surface area contributed by atoms with Crippen molar-refractivity contribution in [1.82, 2.24) is 10.2 Å². The quantitative estimate of drug-likeness (QED) is 0.788. The summed E-state index contributed by atoms with van der Waals surface area (Å²) in [6.07, 6.45) is 1.95. The van der Waals surface area contributed by atoms with Crippen LogP contribution in [-0.4, -0.2) is 51.6 Å². The van der Waals surface area contributed by atoms with Crippen LogP contribution in [0, 0.1) is 0 Å². The first-order valence-electron chi connectivity index (χ1n) is 6.32. The van der Waals surface area contributed by atoms with Gasteiger partial charge in [0.1, 0.15) is 0 Å². The van der Waals surface area contributed by atoms with E-state index >= 15 is 0 Å². The molecule has 0 aromatic carbocycles. The number of rotatable bonds is 6. The Balaban J connectivity index is 4.60. The van der Waals surface area contributed by atoms with E-state index < -0.39 is 11.5 Å². The molecule has 0 unspecified atom stereocenters. The Morgan fingerprint density at radius 3 is 2.11 bits per heavy atom. The van der Waals surface area contributed by atoms with Crippen molar-refractivity contribution >= 4 is 23.8 Å². The lowest BCUT2D eigenvalue weighted by atomic mass is 10.1. The molecule has 0 rings (SSSR count). The summed E-state index contributed by atoms with van der Waals surface area (Å²) in [6.45, 7) is 10.6. The number of nitrogens with zero attached hydrogens (tertiary/aromatic N) is 1. The minimum Gasteiger partial charge on any atom is -0.481 e. The summed E-state index contributed by atoms with van der Waals surface area (Å²) in [5.74, 6) is -0.897. The molecule has 0 saturated heterocycles. The van der Waals surface area contributed by atoms with Crippen molar-refractivity contribution in [3.05, 3.63) is 0 Å². The highest BCUT2D eigenvalue weighted by molar-refractivity contribution is 7.99. The zero-order chi connectivity index (χ0) is 15.3. The van der Waals surface area contributed by atoms with Gasteiger partial charge in [0.15, 0.2) is 0 Å². The Labute approximate surface area is 120 Å². The Kier molecular flexibility index (Phi) is 6.69. The summed E-state index contributed by atoms with van der Waals surface area (Å²) in [5.41, 5.74) is -0.400. The molecule has 0 heterocycles.